The first kappa shape index (κ1) is 15.7. The predicted molar refractivity (Wildman–Crippen MR) is 73.4 cm³/mol. The number of hydrogen-bond donors (Lipinski definition) is 1. The zero-order valence-corrected chi connectivity index (χ0v) is 11.8. The molecule has 1 aromatic rings. The van der Waals surface area contributed by atoms with Crippen molar-refractivity contribution >= 4 is 11.6 Å². The molecule has 0 fully saturated rings. The van der Waals surface area contributed by atoms with Gasteiger partial charge in [0.1, 0.15) is 5.56 Å². The SMILES string of the molecule is CCCNC(=O)c1cc(OC)c(OCC)cc1[N+](=O)[O-]. The number of nitro benzene ring substituents is 1. The highest BCUT2D eigenvalue weighted by atomic mass is 16.6. The monoisotopic (exact) mass is 282 g/mol. The molecule has 0 radical (unpaired) electrons. The topological polar surface area (TPSA) is 90.7 Å². The number of carbonyl (C=O) groups is 1. The Hall–Kier alpha value is -2.31. The minimum Gasteiger partial charge on any atom is -0.493 e. The van der Waals surface area contributed by atoms with E-state index < -0.39 is 10.8 Å². The first-order valence-electron chi connectivity index (χ1n) is 6.32. The number of nitrogens with zero attached hydrogens (tertiary/aromatic N) is 1. The Labute approximate surface area is 117 Å². The van der Waals surface area contributed by atoms with Crippen molar-refractivity contribution in [1.82, 2.24) is 5.32 Å². The summed E-state index contributed by atoms with van der Waals surface area (Å²) in [6.45, 7) is 4.45. The number of ether oxygens (including phenoxy) is 2. The number of carbonyl (C=O) groups excluding carboxylic acids is 1. The molecule has 20 heavy (non-hydrogen) atoms. The van der Waals surface area contributed by atoms with Gasteiger partial charge in [-0.05, 0) is 13.3 Å². The molecule has 0 saturated carbocycles. The second-order valence-electron chi connectivity index (χ2n) is 3.97. The van der Waals surface area contributed by atoms with Crippen LogP contribution < -0.4 is 14.8 Å². The van der Waals surface area contributed by atoms with Gasteiger partial charge in [0, 0.05) is 12.6 Å². The highest BCUT2D eigenvalue weighted by Gasteiger charge is 2.24. The van der Waals surface area contributed by atoms with Crippen LogP contribution in [-0.4, -0.2) is 31.1 Å². The van der Waals surface area contributed by atoms with Crippen molar-refractivity contribution < 1.29 is 19.2 Å². The fourth-order valence-corrected chi connectivity index (χ4v) is 1.64. The van der Waals surface area contributed by atoms with E-state index in [1.165, 1.54) is 19.2 Å². The van der Waals surface area contributed by atoms with Crippen LogP contribution >= 0.6 is 0 Å². The molecule has 0 aliphatic heterocycles. The van der Waals surface area contributed by atoms with Gasteiger partial charge in [-0.1, -0.05) is 6.92 Å². The first-order chi connectivity index (χ1) is 9.54. The largest absolute Gasteiger partial charge is 0.493 e. The van der Waals surface area contributed by atoms with E-state index >= 15 is 0 Å². The van der Waals surface area contributed by atoms with Crippen molar-refractivity contribution in [2.45, 2.75) is 20.3 Å². The molecule has 0 aromatic heterocycles. The summed E-state index contributed by atoms with van der Waals surface area (Å²) in [4.78, 5) is 22.4. The highest BCUT2D eigenvalue weighted by Crippen LogP contribution is 2.34. The second kappa shape index (κ2) is 7.32. The van der Waals surface area contributed by atoms with Crippen LogP contribution in [0.25, 0.3) is 0 Å². The standard InChI is InChI=1S/C13H18N2O5/c1-4-6-14-13(16)9-7-11(19-3)12(20-5-2)8-10(9)15(17)18/h7-8H,4-6H2,1-3H3,(H,14,16). The summed E-state index contributed by atoms with van der Waals surface area (Å²) in [5, 5.41) is 13.7. The maximum Gasteiger partial charge on any atom is 0.286 e. The summed E-state index contributed by atoms with van der Waals surface area (Å²) >= 11 is 0. The average molecular weight is 282 g/mol. The van der Waals surface area contributed by atoms with Gasteiger partial charge in [0.2, 0.25) is 0 Å². The Morgan fingerprint density at radius 1 is 1.35 bits per heavy atom. The van der Waals surface area contributed by atoms with Crippen LogP contribution in [0.5, 0.6) is 11.5 Å². The van der Waals surface area contributed by atoms with Gasteiger partial charge < -0.3 is 14.8 Å². The number of nitrogens with one attached hydrogen (secondary N) is 1. The number of rotatable bonds is 7. The first-order valence-corrected chi connectivity index (χ1v) is 6.32. The smallest absolute Gasteiger partial charge is 0.286 e. The Bertz CT molecular complexity index is 502. The molecule has 0 unspecified atom stereocenters. The Morgan fingerprint density at radius 3 is 2.55 bits per heavy atom. The van der Waals surface area contributed by atoms with Gasteiger partial charge in [0.15, 0.2) is 11.5 Å². The lowest BCUT2D eigenvalue weighted by atomic mass is 10.1. The molecule has 0 heterocycles. The zero-order chi connectivity index (χ0) is 15.1. The molecular weight excluding hydrogens is 264 g/mol. The Balaban J connectivity index is 3.26. The number of hydrogen-bond acceptors (Lipinski definition) is 5. The van der Waals surface area contributed by atoms with E-state index in [1.807, 2.05) is 6.92 Å². The lowest BCUT2D eigenvalue weighted by molar-refractivity contribution is -0.385. The molecule has 1 aromatic carbocycles. The van der Waals surface area contributed by atoms with Crippen molar-refractivity contribution in [3.8, 4) is 11.5 Å². The third-order valence-corrected chi connectivity index (χ3v) is 2.56. The van der Waals surface area contributed by atoms with Crippen LogP contribution in [0, 0.1) is 10.1 Å². The van der Waals surface area contributed by atoms with Gasteiger partial charge in [0.05, 0.1) is 24.7 Å². The van der Waals surface area contributed by atoms with E-state index in [0.717, 1.165) is 6.42 Å². The van der Waals surface area contributed by atoms with Gasteiger partial charge >= 0.3 is 0 Å². The summed E-state index contributed by atoms with van der Waals surface area (Å²) in [7, 11) is 1.41. The Kier molecular flexibility index (Phi) is 5.76. The van der Waals surface area contributed by atoms with Gasteiger partial charge in [-0.25, -0.2) is 0 Å². The Morgan fingerprint density at radius 2 is 2.05 bits per heavy atom. The third-order valence-electron chi connectivity index (χ3n) is 2.56. The van der Waals surface area contributed by atoms with E-state index in [0.29, 0.717) is 18.9 Å². The van der Waals surface area contributed by atoms with Crippen LogP contribution in [-0.2, 0) is 0 Å². The number of benzene rings is 1. The lowest BCUT2D eigenvalue weighted by Gasteiger charge is -2.11. The third kappa shape index (κ3) is 3.59. The molecule has 110 valence electrons. The van der Waals surface area contributed by atoms with E-state index in [4.69, 9.17) is 9.47 Å². The van der Waals surface area contributed by atoms with E-state index in [2.05, 4.69) is 5.32 Å². The number of amides is 1. The molecular formula is C13H18N2O5. The van der Waals surface area contributed by atoms with Crippen molar-refractivity contribution in [3.05, 3.63) is 27.8 Å². The lowest BCUT2D eigenvalue weighted by Crippen LogP contribution is -2.25. The minimum absolute atomic E-state index is 0.0382. The summed E-state index contributed by atoms with van der Waals surface area (Å²) < 4.78 is 10.4. The molecule has 7 heteroatoms. The molecule has 0 atom stereocenters. The second-order valence-corrected chi connectivity index (χ2v) is 3.97. The fourth-order valence-electron chi connectivity index (χ4n) is 1.64. The van der Waals surface area contributed by atoms with Gasteiger partial charge in [-0.3, -0.25) is 14.9 Å². The van der Waals surface area contributed by atoms with Crippen LogP contribution in [0.2, 0.25) is 0 Å². The zero-order valence-electron chi connectivity index (χ0n) is 11.8. The van der Waals surface area contributed by atoms with E-state index in [1.54, 1.807) is 6.92 Å². The van der Waals surface area contributed by atoms with Gasteiger partial charge in [-0.2, -0.15) is 0 Å². The fraction of sp³-hybridized carbons (Fsp3) is 0.462. The van der Waals surface area contributed by atoms with Crippen LogP contribution in [0.15, 0.2) is 12.1 Å². The number of nitro groups is 1. The summed E-state index contributed by atoms with van der Waals surface area (Å²) in [6.07, 6.45) is 0.744. The van der Waals surface area contributed by atoms with E-state index in [9.17, 15) is 14.9 Å². The molecule has 1 amide bonds. The van der Waals surface area contributed by atoms with E-state index in [-0.39, 0.29) is 17.0 Å². The van der Waals surface area contributed by atoms with Crippen molar-refractivity contribution in [2.24, 2.45) is 0 Å². The normalized spacial score (nSPS) is 9.95. The van der Waals surface area contributed by atoms with Crippen LogP contribution in [0.4, 0.5) is 5.69 Å². The molecule has 1 N–H and O–H groups in total. The van der Waals surface area contributed by atoms with Crippen molar-refractivity contribution in [2.75, 3.05) is 20.3 Å². The highest BCUT2D eigenvalue weighted by molar-refractivity contribution is 5.99. The van der Waals surface area contributed by atoms with Crippen LogP contribution in [0.3, 0.4) is 0 Å². The molecule has 1 rings (SSSR count). The summed E-state index contributed by atoms with van der Waals surface area (Å²) in [5.41, 5.74) is -0.341. The average Bonchev–Trinajstić information content (AvgIpc) is 2.44. The predicted octanol–water partition coefficient (Wildman–Crippen LogP) is 2.14. The maximum atomic E-state index is 12.0. The van der Waals surface area contributed by atoms with Gasteiger partial charge in [-0.15, -0.1) is 0 Å². The molecule has 0 aliphatic carbocycles. The molecule has 7 nitrogen and oxygen atoms in total. The van der Waals surface area contributed by atoms with Crippen molar-refractivity contribution in [3.63, 3.8) is 0 Å². The molecule has 0 bridgehead atoms. The minimum atomic E-state index is -0.608. The maximum absolute atomic E-state index is 12.0. The quantitative estimate of drug-likeness (QED) is 0.611. The number of methoxy groups -OCH3 is 1. The summed E-state index contributed by atoms with van der Waals surface area (Å²) in [5.74, 6) is 0.0349. The van der Waals surface area contributed by atoms with Gasteiger partial charge in [0.25, 0.3) is 11.6 Å². The molecule has 0 spiro atoms. The van der Waals surface area contributed by atoms with Crippen molar-refractivity contribution in [1.29, 1.82) is 0 Å². The molecule has 0 aliphatic rings. The summed E-state index contributed by atoms with van der Waals surface area (Å²) in [6, 6.07) is 2.54. The van der Waals surface area contributed by atoms with Crippen LogP contribution in [0.1, 0.15) is 30.6 Å². The molecule has 0 saturated heterocycles.